The lowest BCUT2D eigenvalue weighted by atomic mass is 10.0. The number of nitrogens with one attached hydrogen (secondary N) is 3. The maximum absolute atomic E-state index is 13.1. The van der Waals surface area contributed by atoms with E-state index < -0.39 is 5.56 Å². The Kier molecular flexibility index (Phi) is 4.15. The molecule has 0 radical (unpaired) electrons. The van der Waals surface area contributed by atoms with E-state index in [2.05, 4.69) is 15.6 Å². The van der Waals surface area contributed by atoms with Gasteiger partial charge in [0.05, 0.1) is 17.2 Å². The fourth-order valence-corrected chi connectivity index (χ4v) is 3.15. The summed E-state index contributed by atoms with van der Waals surface area (Å²) < 4.78 is 13.1. The number of aromatic nitrogens is 1. The number of rotatable bonds is 4. The molecule has 2 aromatic carbocycles. The van der Waals surface area contributed by atoms with Gasteiger partial charge in [-0.2, -0.15) is 5.26 Å². The van der Waals surface area contributed by atoms with E-state index in [4.69, 9.17) is 0 Å². The number of hydrogen-bond acceptors (Lipinski definition) is 4. The van der Waals surface area contributed by atoms with Crippen LogP contribution >= 0.6 is 0 Å². The second-order valence-electron chi connectivity index (χ2n) is 6.50. The molecule has 2 heterocycles. The van der Waals surface area contributed by atoms with Gasteiger partial charge in [0.15, 0.2) is 0 Å². The molecule has 0 saturated carbocycles. The maximum atomic E-state index is 13.1. The van der Waals surface area contributed by atoms with Crippen molar-refractivity contribution in [3.63, 3.8) is 0 Å². The highest BCUT2D eigenvalue weighted by molar-refractivity contribution is 5.94. The minimum atomic E-state index is -0.395. The fraction of sp³-hybridized carbons (Fsp3) is 0.200. The SMILES string of the molecule is N#Cc1c(NC2CNC2)c2ccc(Cc3ccc(F)cc3)cc2[nH]c1=O. The minimum absolute atomic E-state index is 0.107. The monoisotopic (exact) mass is 348 g/mol. The van der Waals surface area contributed by atoms with Crippen LogP contribution in [-0.4, -0.2) is 24.1 Å². The molecular formula is C20H17FN4O. The summed E-state index contributed by atoms with van der Waals surface area (Å²) in [7, 11) is 0. The quantitative estimate of drug-likeness (QED) is 0.677. The van der Waals surface area contributed by atoms with Crippen molar-refractivity contribution < 1.29 is 4.39 Å². The van der Waals surface area contributed by atoms with Gasteiger partial charge in [-0.25, -0.2) is 4.39 Å². The number of halogens is 1. The van der Waals surface area contributed by atoms with Crippen molar-refractivity contribution in [3.8, 4) is 6.07 Å². The van der Waals surface area contributed by atoms with Crippen molar-refractivity contribution in [1.82, 2.24) is 10.3 Å². The molecule has 0 spiro atoms. The van der Waals surface area contributed by atoms with Crippen LogP contribution in [0.2, 0.25) is 0 Å². The standard InChI is InChI=1S/C20H17FN4O/c21-14-4-1-12(2-5-14)7-13-3-6-16-18(8-13)25-20(26)17(9-22)19(16)24-15-10-23-11-15/h1-6,8,15,23H,7,10-11H2,(H2,24,25,26). The zero-order valence-corrected chi connectivity index (χ0v) is 14.0. The average molecular weight is 348 g/mol. The fourth-order valence-electron chi connectivity index (χ4n) is 3.15. The molecule has 0 amide bonds. The first-order valence-corrected chi connectivity index (χ1v) is 8.45. The molecule has 3 aromatic rings. The summed E-state index contributed by atoms with van der Waals surface area (Å²) in [4.78, 5) is 15.1. The Hall–Kier alpha value is -3.17. The predicted molar refractivity (Wildman–Crippen MR) is 98.8 cm³/mol. The minimum Gasteiger partial charge on any atom is -0.378 e. The zero-order chi connectivity index (χ0) is 18.1. The molecule has 1 aromatic heterocycles. The Labute approximate surface area is 149 Å². The van der Waals surface area contributed by atoms with E-state index in [9.17, 15) is 14.4 Å². The molecule has 4 rings (SSSR count). The van der Waals surface area contributed by atoms with Crippen LogP contribution in [0, 0.1) is 17.1 Å². The number of pyridine rings is 1. The van der Waals surface area contributed by atoms with Gasteiger partial charge >= 0.3 is 0 Å². The summed E-state index contributed by atoms with van der Waals surface area (Å²) in [6.45, 7) is 1.61. The number of hydrogen-bond donors (Lipinski definition) is 3. The molecule has 0 bridgehead atoms. The lowest BCUT2D eigenvalue weighted by molar-refractivity contribution is 0.472. The first-order valence-electron chi connectivity index (χ1n) is 8.45. The number of H-pyrrole nitrogens is 1. The average Bonchev–Trinajstić information content (AvgIpc) is 2.59. The van der Waals surface area contributed by atoms with Gasteiger partial charge in [-0.05, 0) is 35.7 Å². The summed E-state index contributed by atoms with van der Waals surface area (Å²) in [5.74, 6) is -0.262. The van der Waals surface area contributed by atoms with Crippen LogP contribution in [0.3, 0.4) is 0 Å². The van der Waals surface area contributed by atoms with E-state index in [0.717, 1.165) is 29.6 Å². The number of anilines is 1. The summed E-state index contributed by atoms with van der Waals surface area (Å²) in [6.07, 6.45) is 0.632. The first-order chi connectivity index (χ1) is 12.6. The molecular weight excluding hydrogens is 331 g/mol. The van der Waals surface area contributed by atoms with Gasteiger partial charge in [0.2, 0.25) is 0 Å². The van der Waals surface area contributed by atoms with E-state index >= 15 is 0 Å². The molecule has 5 nitrogen and oxygen atoms in total. The topological polar surface area (TPSA) is 80.7 Å². The van der Waals surface area contributed by atoms with E-state index in [1.54, 1.807) is 12.1 Å². The molecule has 6 heteroatoms. The predicted octanol–water partition coefficient (Wildman–Crippen LogP) is 2.51. The highest BCUT2D eigenvalue weighted by atomic mass is 19.1. The molecule has 130 valence electrons. The smallest absolute Gasteiger partial charge is 0.268 e. The Morgan fingerprint density at radius 3 is 2.54 bits per heavy atom. The lowest BCUT2D eigenvalue weighted by Gasteiger charge is -2.29. The van der Waals surface area contributed by atoms with Gasteiger partial charge in [-0.1, -0.05) is 24.3 Å². The van der Waals surface area contributed by atoms with Crippen molar-refractivity contribution in [2.24, 2.45) is 0 Å². The molecule has 3 N–H and O–H groups in total. The largest absolute Gasteiger partial charge is 0.378 e. The van der Waals surface area contributed by atoms with Crippen molar-refractivity contribution in [2.45, 2.75) is 12.5 Å². The van der Waals surface area contributed by atoms with E-state index in [-0.39, 0.29) is 17.4 Å². The van der Waals surface area contributed by atoms with Crippen LogP contribution in [0.4, 0.5) is 10.1 Å². The third kappa shape index (κ3) is 3.05. The van der Waals surface area contributed by atoms with Crippen LogP contribution in [0.25, 0.3) is 10.9 Å². The molecule has 1 saturated heterocycles. The van der Waals surface area contributed by atoms with Crippen molar-refractivity contribution in [3.05, 3.63) is 75.3 Å². The van der Waals surface area contributed by atoms with Crippen LogP contribution in [-0.2, 0) is 6.42 Å². The van der Waals surface area contributed by atoms with Crippen LogP contribution in [0.5, 0.6) is 0 Å². The first kappa shape index (κ1) is 16.3. The Morgan fingerprint density at radius 1 is 1.15 bits per heavy atom. The number of nitrogens with zero attached hydrogens (tertiary/aromatic N) is 1. The molecule has 1 aliphatic rings. The molecule has 0 aliphatic carbocycles. The third-order valence-corrected chi connectivity index (χ3v) is 4.64. The summed E-state index contributed by atoms with van der Waals surface area (Å²) in [5, 5.41) is 16.7. The van der Waals surface area contributed by atoms with Gasteiger partial charge in [-0.15, -0.1) is 0 Å². The third-order valence-electron chi connectivity index (χ3n) is 4.64. The van der Waals surface area contributed by atoms with Gasteiger partial charge in [0.25, 0.3) is 5.56 Å². The summed E-state index contributed by atoms with van der Waals surface area (Å²) in [6, 6.07) is 14.4. The molecule has 0 unspecified atom stereocenters. The lowest BCUT2D eigenvalue weighted by Crippen LogP contribution is -2.51. The summed E-state index contributed by atoms with van der Waals surface area (Å²) >= 11 is 0. The highest BCUT2D eigenvalue weighted by Gasteiger charge is 2.20. The number of aromatic amines is 1. The highest BCUT2D eigenvalue weighted by Crippen LogP contribution is 2.26. The van der Waals surface area contributed by atoms with Gasteiger partial charge in [-0.3, -0.25) is 4.79 Å². The van der Waals surface area contributed by atoms with E-state index in [1.165, 1.54) is 12.1 Å². The number of benzene rings is 2. The van der Waals surface area contributed by atoms with Crippen molar-refractivity contribution in [2.75, 3.05) is 18.4 Å². The molecule has 1 fully saturated rings. The zero-order valence-electron chi connectivity index (χ0n) is 14.0. The second-order valence-corrected chi connectivity index (χ2v) is 6.50. The van der Waals surface area contributed by atoms with Crippen LogP contribution in [0.1, 0.15) is 16.7 Å². The maximum Gasteiger partial charge on any atom is 0.268 e. The van der Waals surface area contributed by atoms with Crippen LogP contribution < -0.4 is 16.2 Å². The van der Waals surface area contributed by atoms with Gasteiger partial charge in [0, 0.05) is 18.5 Å². The Morgan fingerprint density at radius 2 is 1.88 bits per heavy atom. The van der Waals surface area contributed by atoms with Gasteiger partial charge in [0.1, 0.15) is 17.4 Å². The number of nitriles is 1. The van der Waals surface area contributed by atoms with E-state index in [1.807, 2.05) is 24.3 Å². The van der Waals surface area contributed by atoms with Gasteiger partial charge < -0.3 is 15.6 Å². The second kappa shape index (κ2) is 6.62. The molecule has 0 atom stereocenters. The van der Waals surface area contributed by atoms with Crippen molar-refractivity contribution in [1.29, 1.82) is 5.26 Å². The summed E-state index contributed by atoms with van der Waals surface area (Å²) in [5.41, 5.74) is 2.97. The Bertz CT molecular complexity index is 1060. The molecule has 26 heavy (non-hydrogen) atoms. The van der Waals surface area contributed by atoms with Crippen LogP contribution in [0.15, 0.2) is 47.3 Å². The molecule has 1 aliphatic heterocycles. The number of fused-ring (bicyclic) bond motifs is 1. The van der Waals surface area contributed by atoms with Crippen molar-refractivity contribution >= 4 is 16.6 Å². The normalized spacial score (nSPS) is 14.0. The van der Waals surface area contributed by atoms with E-state index in [0.29, 0.717) is 17.6 Å². The Balaban J connectivity index is 1.74.